The van der Waals surface area contributed by atoms with Gasteiger partial charge in [-0.3, -0.25) is 0 Å². The second-order valence-corrected chi connectivity index (χ2v) is 10.6. The van der Waals surface area contributed by atoms with Gasteiger partial charge >= 0.3 is 0 Å². The first-order chi connectivity index (χ1) is 17.3. The lowest BCUT2D eigenvalue weighted by Gasteiger charge is -2.28. The van der Waals surface area contributed by atoms with E-state index in [0.29, 0.717) is 0 Å². The van der Waals surface area contributed by atoms with Crippen LogP contribution >= 0.6 is 0 Å². The van der Waals surface area contributed by atoms with Crippen LogP contribution in [0.5, 0.6) is 0 Å². The largest absolute Gasteiger partial charge is 0.0979 e. The van der Waals surface area contributed by atoms with Gasteiger partial charge in [0.1, 0.15) is 0 Å². The Morgan fingerprint density at radius 2 is 1.09 bits per heavy atom. The number of aryl methyl sites for hydroxylation is 1. The normalized spacial score (nSPS) is 17.2. The maximum atomic E-state index is 3.33. The fourth-order valence-corrected chi connectivity index (χ4v) is 5.28. The van der Waals surface area contributed by atoms with E-state index in [1.807, 2.05) is 0 Å². The highest BCUT2D eigenvalue weighted by molar-refractivity contribution is 5.46. The maximum Gasteiger partial charge on any atom is 0.0249 e. The van der Waals surface area contributed by atoms with Crippen molar-refractivity contribution in [2.24, 2.45) is 11.8 Å². The van der Waals surface area contributed by atoms with Gasteiger partial charge in [-0.15, -0.1) is 0 Å². The summed E-state index contributed by atoms with van der Waals surface area (Å²) in [5.41, 5.74) is 4.69. The molecule has 2 aromatic rings. The van der Waals surface area contributed by atoms with Crippen molar-refractivity contribution in [2.75, 3.05) is 0 Å². The van der Waals surface area contributed by atoms with Gasteiger partial charge in [0.15, 0.2) is 0 Å². The van der Waals surface area contributed by atoms with Gasteiger partial charge in [0, 0.05) is 23.1 Å². The molecular weight excluding hydrogens is 420 g/mol. The molecule has 0 amide bonds. The summed E-state index contributed by atoms with van der Waals surface area (Å²) in [5, 5.41) is 0. The van der Waals surface area contributed by atoms with E-state index in [0.717, 1.165) is 34.9 Å². The Labute approximate surface area is 216 Å². The molecule has 0 bridgehead atoms. The molecule has 0 radical (unpaired) electrons. The molecule has 3 rings (SSSR count). The van der Waals surface area contributed by atoms with Crippen LogP contribution in [0.2, 0.25) is 0 Å². The molecule has 0 spiro atoms. The summed E-state index contributed by atoms with van der Waals surface area (Å²) in [6.45, 7) is 4.59. The Morgan fingerprint density at radius 1 is 0.571 bits per heavy atom. The molecule has 1 saturated carbocycles. The number of hydrogen-bond donors (Lipinski definition) is 0. The van der Waals surface area contributed by atoms with Crippen LogP contribution in [-0.2, 0) is 6.42 Å². The predicted octanol–water partition coefficient (Wildman–Crippen LogP) is 9.73. The molecule has 0 aliphatic heterocycles. The van der Waals surface area contributed by atoms with Crippen molar-refractivity contribution in [2.45, 2.75) is 110 Å². The van der Waals surface area contributed by atoms with E-state index in [-0.39, 0.29) is 0 Å². The van der Waals surface area contributed by atoms with Crippen molar-refractivity contribution in [3.63, 3.8) is 0 Å². The number of unbranched alkanes of at least 4 members (excludes halogenated alkanes) is 6. The van der Waals surface area contributed by atoms with Crippen molar-refractivity contribution in [1.29, 1.82) is 0 Å². The molecule has 0 heteroatoms. The Hall–Kier alpha value is -2.44. The number of benzene rings is 2. The first-order valence-electron chi connectivity index (χ1n) is 14.5. The van der Waals surface area contributed by atoms with Gasteiger partial charge < -0.3 is 0 Å². The predicted molar refractivity (Wildman–Crippen MR) is 152 cm³/mol. The molecule has 186 valence electrons. The highest BCUT2D eigenvalue weighted by Crippen LogP contribution is 2.33. The summed E-state index contributed by atoms with van der Waals surface area (Å²) in [6.07, 6.45) is 20.1. The third kappa shape index (κ3) is 10.8. The topological polar surface area (TPSA) is 0 Å². The monoisotopic (exact) mass is 466 g/mol. The van der Waals surface area contributed by atoms with Crippen LogP contribution in [0.25, 0.3) is 0 Å². The summed E-state index contributed by atoms with van der Waals surface area (Å²) >= 11 is 0. The van der Waals surface area contributed by atoms with Gasteiger partial charge in [-0.1, -0.05) is 120 Å². The summed E-state index contributed by atoms with van der Waals surface area (Å²) in [5.74, 6) is 15.2. The summed E-state index contributed by atoms with van der Waals surface area (Å²) in [6, 6.07) is 17.3. The third-order valence-corrected chi connectivity index (χ3v) is 7.58. The highest BCUT2D eigenvalue weighted by atomic mass is 14.3. The van der Waals surface area contributed by atoms with Gasteiger partial charge in [0.05, 0.1) is 0 Å². The SMILES string of the molecule is CCCCCCCCC#Cc1ccc(C#Cc2ccc(CC[C@H]3CC[C@H](CCC)CC3)cc2)cc1. The van der Waals surface area contributed by atoms with E-state index >= 15 is 0 Å². The molecule has 1 aliphatic carbocycles. The van der Waals surface area contributed by atoms with Crippen LogP contribution in [0, 0.1) is 35.5 Å². The Bertz CT molecular complexity index is 947. The van der Waals surface area contributed by atoms with Crippen molar-refractivity contribution in [3.8, 4) is 23.7 Å². The zero-order valence-electron chi connectivity index (χ0n) is 22.4. The lowest BCUT2D eigenvalue weighted by atomic mass is 9.78. The lowest BCUT2D eigenvalue weighted by molar-refractivity contribution is 0.252. The van der Waals surface area contributed by atoms with E-state index in [4.69, 9.17) is 0 Å². The molecule has 0 saturated heterocycles. The van der Waals surface area contributed by atoms with E-state index < -0.39 is 0 Å². The lowest BCUT2D eigenvalue weighted by Crippen LogP contribution is -2.15. The summed E-state index contributed by atoms with van der Waals surface area (Å²) in [4.78, 5) is 0. The molecule has 0 aromatic heterocycles. The quantitative estimate of drug-likeness (QED) is 0.228. The molecule has 35 heavy (non-hydrogen) atoms. The Morgan fingerprint density at radius 3 is 1.69 bits per heavy atom. The molecule has 1 aliphatic rings. The minimum Gasteiger partial charge on any atom is -0.0979 e. The molecular formula is C35H46. The van der Waals surface area contributed by atoms with Crippen LogP contribution in [-0.4, -0.2) is 0 Å². The standard InChI is InChI=1S/C35H46/c1-3-5-6-7-8-9-10-11-13-31-16-20-33(21-17-31)23-25-35-28-26-34(27-29-35)24-22-32-18-14-30(12-4-2)15-19-32/h16-17,20-21,26-30,32H,3-10,12,14-15,18-19,22,24H2,1-2H3/t30-,32-. The molecule has 0 N–H and O–H groups in total. The van der Waals surface area contributed by atoms with Crippen LogP contribution in [0.1, 0.15) is 126 Å². The summed E-state index contributed by atoms with van der Waals surface area (Å²) in [7, 11) is 0. The van der Waals surface area contributed by atoms with Gasteiger partial charge in [0.2, 0.25) is 0 Å². The average molecular weight is 467 g/mol. The Kier molecular flexibility index (Phi) is 12.6. The van der Waals surface area contributed by atoms with Crippen LogP contribution < -0.4 is 0 Å². The van der Waals surface area contributed by atoms with Crippen molar-refractivity contribution < 1.29 is 0 Å². The van der Waals surface area contributed by atoms with E-state index in [2.05, 4.69) is 86.1 Å². The third-order valence-electron chi connectivity index (χ3n) is 7.58. The zero-order chi connectivity index (χ0) is 24.6. The van der Waals surface area contributed by atoms with Crippen molar-refractivity contribution >= 4 is 0 Å². The fourth-order valence-electron chi connectivity index (χ4n) is 5.28. The molecule has 1 fully saturated rings. The summed E-state index contributed by atoms with van der Waals surface area (Å²) < 4.78 is 0. The second kappa shape index (κ2) is 16.3. The first-order valence-corrected chi connectivity index (χ1v) is 14.5. The minimum atomic E-state index is 0.936. The smallest absolute Gasteiger partial charge is 0.0249 e. The molecule has 2 aromatic carbocycles. The van der Waals surface area contributed by atoms with Gasteiger partial charge in [-0.05, 0) is 73.1 Å². The van der Waals surface area contributed by atoms with E-state index in [1.54, 1.807) is 0 Å². The van der Waals surface area contributed by atoms with Gasteiger partial charge in [-0.2, -0.15) is 0 Å². The van der Waals surface area contributed by atoms with Gasteiger partial charge in [0.25, 0.3) is 0 Å². The molecule has 0 atom stereocenters. The average Bonchev–Trinajstić information content (AvgIpc) is 2.90. The molecule has 0 heterocycles. The molecule has 0 nitrogen and oxygen atoms in total. The minimum absolute atomic E-state index is 0.936. The van der Waals surface area contributed by atoms with Gasteiger partial charge in [-0.25, -0.2) is 0 Å². The Balaban J connectivity index is 1.38. The maximum absolute atomic E-state index is 3.33. The van der Waals surface area contributed by atoms with Crippen LogP contribution in [0.3, 0.4) is 0 Å². The van der Waals surface area contributed by atoms with Crippen LogP contribution in [0.4, 0.5) is 0 Å². The highest BCUT2D eigenvalue weighted by Gasteiger charge is 2.20. The van der Waals surface area contributed by atoms with Crippen molar-refractivity contribution in [3.05, 3.63) is 70.8 Å². The van der Waals surface area contributed by atoms with Crippen LogP contribution in [0.15, 0.2) is 48.5 Å². The molecule has 0 unspecified atom stereocenters. The second-order valence-electron chi connectivity index (χ2n) is 10.6. The zero-order valence-corrected chi connectivity index (χ0v) is 22.4. The first kappa shape index (κ1) is 27.2. The van der Waals surface area contributed by atoms with E-state index in [1.165, 1.54) is 95.5 Å². The fraction of sp³-hybridized carbons (Fsp3) is 0.543. The van der Waals surface area contributed by atoms with E-state index in [9.17, 15) is 0 Å². The number of hydrogen-bond acceptors (Lipinski definition) is 0. The van der Waals surface area contributed by atoms with Crippen molar-refractivity contribution in [1.82, 2.24) is 0 Å². The number of rotatable bonds is 11.